The standard InChI is InChI=1S/C9H21N.CH2O2/c1-5-6-7-8(2)9(3,4)10;2-1-3/h8H,5-7,10H2,1-4H3;1H,(H,2,3). The highest BCUT2D eigenvalue weighted by molar-refractivity contribution is 5.32. The second kappa shape index (κ2) is 8.05. The molecule has 3 N–H and O–H groups in total. The molecule has 3 nitrogen and oxygen atoms in total. The monoisotopic (exact) mass is 189 g/mol. The molecule has 0 saturated carbocycles. The second-order valence-electron chi connectivity index (χ2n) is 3.97. The zero-order chi connectivity index (χ0) is 10.9. The maximum absolute atomic E-state index is 8.36. The van der Waals surface area contributed by atoms with Gasteiger partial charge < -0.3 is 10.8 Å². The number of carbonyl (C=O) groups is 1. The van der Waals surface area contributed by atoms with Crippen LogP contribution in [-0.2, 0) is 4.79 Å². The summed E-state index contributed by atoms with van der Waals surface area (Å²) in [5, 5.41) is 6.89. The van der Waals surface area contributed by atoms with E-state index in [1.807, 2.05) is 0 Å². The van der Waals surface area contributed by atoms with Gasteiger partial charge in [0.15, 0.2) is 0 Å². The van der Waals surface area contributed by atoms with Crippen LogP contribution in [0.1, 0.15) is 47.0 Å². The van der Waals surface area contributed by atoms with Crippen molar-refractivity contribution in [3.8, 4) is 0 Å². The second-order valence-corrected chi connectivity index (χ2v) is 3.97. The Bertz CT molecular complexity index is 119. The first-order valence-electron chi connectivity index (χ1n) is 4.76. The molecule has 0 saturated heterocycles. The average molecular weight is 189 g/mol. The lowest BCUT2D eigenvalue weighted by Crippen LogP contribution is -2.39. The van der Waals surface area contributed by atoms with E-state index in [1.54, 1.807) is 0 Å². The molecule has 0 spiro atoms. The van der Waals surface area contributed by atoms with Gasteiger partial charge in [-0.15, -0.1) is 0 Å². The first-order chi connectivity index (χ1) is 5.90. The Morgan fingerprint density at radius 2 is 1.92 bits per heavy atom. The predicted molar refractivity (Wildman–Crippen MR) is 55.6 cm³/mol. The first kappa shape index (κ1) is 14.9. The highest BCUT2D eigenvalue weighted by Gasteiger charge is 2.18. The summed E-state index contributed by atoms with van der Waals surface area (Å²) in [4.78, 5) is 8.36. The van der Waals surface area contributed by atoms with E-state index in [4.69, 9.17) is 15.6 Å². The van der Waals surface area contributed by atoms with Crippen molar-refractivity contribution in [1.82, 2.24) is 0 Å². The van der Waals surface area contributed by atoms with Crippen LogP contribution in [0.2, 0.25) is 0 Å². The fraction of sp³-hybridized carbons (Fsp3) is 0.900. The van der Waals surface area contributed by atoms with Gasteiger partial charge in [0, 0.05) is 5.54 Å². The third-order valence-corrected chi connectivity index (χ3v) is 2.26. The van der Waals surface area contributed by atoms with Crippen molar-refractivity contribution in [3.05, 3.63) is 0 Å². The van der Waals surface area contributed by atoms with Crippen LogP contribution in [0.5, 0.6) is 0 Å². The van der Waals surface area contributed by atoms with Crippen LogP contribution in [0.3, 0.4) is 0 Å². The number of nitrogens with two attached hydrogens (primary N) is 1. The largest absolute Gasteiger partial charge is 0.483 e. The molecule has 0 aromatic carbocycles. The van der Waals surface area contributed by atoms with E-state index in [9.17, 15) is 0 Å². The molecule has 0 bridgehead atoms. The van der Waals surface area contributed by atoms with Crippen molar-refractivity contribution in [1.29, 1.82) is 0 Å². The molecule has 0 fully saturated rings. The van der Waals surface area contributed by atoms with Gasteiger partial charge in [-0.1, -0.05) is 26.7 Å². The maximum atomic E-state index is 8.36. The molecule has 0 amide bonds. The SMILES string of the molecule is CCCCC(C)C(C)(C)N.O=CO. The van der Waals surface area contributed by atoms with Gasteiger partial charge in [-0.2, -0.15) is 0 Å². The average Bonchev–Trinajstić information content (AvgIpc) is 1.99. The number of rotatable bonds is 4. The molecular weight excluding hydrogens is 166 g/mol. The Labute approximate surface area is 81.3 Å². The topological polar surface area (TPSA) is 63.3 Å². The minimum absolute atomic E-state index is 0.00910. The molecule has 0 aliphatic rings. The fourth-order valence-electron chi connectivity index (χ4n) is 0.882. The summed E-state index contributed by atoms with van der Waals surface area (Å²) in [7, 11) is 0. The van der Waals surface area contributed by atoms with Crippen molar-refractivity contribution < 1.29 is 9.90 Å². The molecule has 0 heterocycles. The van der Waals surface area contributed by atoms with Gasteiger partial charge in [-0.25, -0.2) is 0 Å². The molecule has 1 atom stereocenters. The van der Waals surface area contributed by atoms with Gasteiger partial charge in [0.25, 0.3) is 6.47 Å². The highest BCUT2D eigenvalue weighted by atomic mass is 16.3. The van der Waals surface area contributed by atoms with Crippen LogP contribution in [0.15, 0.2) is 0 Å². The third-order valence-electron chi connectivity index (χ3n) is 2.26. The van der Waals surface area contributed by atoms with E-state index < -0.39 is 0 Å². The van der Waals surface area contributed by atoms with E-state index >= 15 is 0 Å². The van der Waals surface area contributed by atoms with Gasteiger partial charge in [-0.05, 0) is 26.2 Å². The molecule has 0 aromatic heterocycles. The molecule has 13 heavy (non-hydrogen) atoms. The smallest absolute Gasteiger partial charge is 0.290 e. The van der Waals surface area contributed by atoms with E-state index in [1.165, 1.54) is 19.3 Å². The highest BCUT2D eigenvalue weighted by Crippen LogP contribution is 2.18. The molecule has 0 aromatic rings. The Hall–Kier alpha value is -0.570. The molecule has 80 valence electrons. The van der Waals surface area contributed by atoms with Crippen molar-refractivity contribution >= 4 is 6.47 Å². The number of hydrogen-bond donors (Lipinski definition) is 2. The number of unbranched alkanes of at least 4 members (excludes halogenated alkanes) is 1. The summed E-state index contributed by atoms with van der Waals surface area (Å²) in [6.45, 7) is 8.41. The van der Waals surface area contributed by atoms with Crippen molar-refractivity contribution in [3.63, 3.8) is 0 Å². The summed E-state index contributed by atoms with van der Waals surface area (Å²) in [6, 6.07) is 0. The minimum atomic E-state index is -0.250. The quantitative estimate of drug-likeness (QED) is 0.667. The summed E-state index contributed by atoms with van der Waals surface area (Å²) in [5.41, 5.74) is 5.93. The summed E-state index contributed by atoms with van der Waals surface area (Å²) >= 11 is 0. The Balaban J connectivity index is 0. The van der Waals surface area contributed by atoms with Gasteiger partial charge in [0.1, 0.15) is 0 Å². The van der Waals surface area contributed by atoms with Crippen LogP contribution < -0.4 is 5.73 Å². The van der Waals surface area contributed by atoms with Crippen LogP contribution >= 0.6 is 0 Å². The van der Waals surface area contributed by atoms with Crippen molar-refractivity contribution in [2.24, 2.45) is 11.7 Å². The maximum Gasteiger partial charge on any atom is 0.290 e. The van der Waals surface area contributed by atoms with Crippen LogP contribution in [0, 0.1) is 5.92 Å². The lowest BCUT2D eigenvalue weighted by Gasteiger charge is -2.26. The van der Waals surface area contributed by atoms with E-state index in [-0.39, 0.29) is 12.0 Å². The first-order valence-corrected chi connectivity index (χ1v) is 4.76. The summed E-state index contributed by atoms with van der Waals surface area (Å²) in [6.07, 6.45) is 3.85. The van der Waals surface area contributed by atoms with Crippen LogP contribution in [0.25, 0.3) is 0 Å². The Morgan fingerprint density at radius 1 is 1.54 bits per heavy atom. The molecule has 1 unspecified atom stereocenters. The molecule has 0 radical (unpaired) electrons. The molecule has 0 rings (SSSR count). The van der Waals surface area contributed by atoms with Crippen molar-refractivity contribution in [2.75, 3.05) is 0 Å². The summed E-state index contributed by atoms with van der Waals surface area (Å²) in [5.74, 6) is 0.646. The predicted octanol–water partition coefficient (Wildman–Crippen LogP) is 2.25. The van der Waals surface area contributed by atoms with Gasteiger partial charge in [0.2, 0.25) is 0 Å². The Morgan fingerprint density at radius 3 is 2.15 bits per heavy atom. The molecule has 0 aliphatic heterocycles. The molecule has 3 heteroatoms. The van der Waals surface area contributed by atoms with Crippen LogP contribution in [0.4, 0.5) is 0 Å². The van der Waals surface area contributed by atoms with E-state index in [0.29, 0.717) is 5.92 Å². The lowest BCUT2D eigenvalue weighted by molar-refractivity contribution is -0.122. The van der Waals surface area contributed by atoms with Gasteiger partial charge in [-0.3, -0.25) is 4.79 Å². The lowest BCUT2D eigenvalue weighted by atomic mass is 9.86. The summed E-state index contributed by atoms with van der Waals surface area (Å²) < 4.78 is 0. The molecule has 0 aliphatic carbocycles. The number of carboxylic acid groups (broad SMARTS) is 1. The van der Waals surface area contributed by atoms with E-state index in [2.05, 4.69) is 27.7 Å². The zero-order valence-corrected chi connectivity index (χ0v) is 9.21. The minimum Gasteiger partial charge on any atom is -0.483 e. The van der Waals surface area contributed by atoms with Gasteiger partial charge in [0.05, 0.1) is 0 Å². The Kier molecular flexibility index (Phi) is 9.24. The number of hydrogen-bond acceptors (Lipinski definition) is 2. The van der Waals surface area contributed by atoms with Crippen LogP contribution in [-0.4, -0.2) is 17.1 Å². The normalized spacial score (nSPS) is 12.7. The van der Waals surface area contributed by atoms with Gasteiger partial charge >= 0.3 is 0 Å². The zero-order valence-electron chi connectivity index (χ0n) is 9.21. The molecular formula is C10H23NO2. The van der Waals surface area contributed by atoms with E-state index in [0.717, 1.165) is 0 Å². The third kappa shape index (κ3) is 11.4. The fourth-order valence-corrected chi connectivity index (χ4v) is 0.882. The van der Waals surface area contributed by atoms with Crippen molar-refractivity contribution in [2.45, 2.75) is 52.5 Å².